The largest absolute Gasteiger partial charge is 0.493 e. The third-order valence-corrected chi connectivity index (χ3v) is 10.8. The molecule has 262 valence electrons. The molecular formula is C49H47BN2O. The Labute approximate surface area is 315 Å². The number of rotatable bonds is 12. The molecule has 0 aromatic heterocycles. The summed E-state index contributed by atoms with van der Waals surface area (Å²) in [5, 5.41) is 9.93. The highest BCUT2D eigenvalue weighted by Crippen LogP contribution is 2.36. The van der Waals surface area contributed by atoms with Crippen LogP contribution in [0.1, 0.15) is 45.1 Å². The summed E-state index contributed by atoms with van der Waals surface area (Å²) in [6.07, 6.45) is 4.91. The first-order valence-corrected chi connectivity index (χ1v) is 19.3. The molecule has 0 amide bonds. The molecule has 1 unspecified atom stereocenters. The quantitative estimate of drug-likeness (QED) is 0.125. The van der Waals surface area contributed by atoms with E-state index in [-0.39, 0.29) is 6.98 Å². The van der Waals surface area contributed by atoms with Gasteiger partial charge in [-0.1, -0.05) is 148 Å². The van der Waals surface area contributed by atoms with Gasteiger partial charge in [-0.3, -0.25) is 0 Å². The fourth-order valence-electron chi connectivity index (χ4n) is 7.55. The van der Waals surface area contributed by atoms with Crippen molar-refractivity contribution in [1.82, 2.24) is 0 Å². The first-order valence-electron chi connectivity index (χ1n) is 19.3. The number of aryl methyl sites for hydroxylation is 1. The van der Waals surface area contributed by atoms with Gasteiger partial charge in [0.1, 0.15) is 5.75 Å². The van der Waals surface area contributed by atoms with Gasteiger partial charge in [0.15, 0.2) is 0 Å². The SMILES string of the molecule is CCCCC(CC)COc1ccc(-c2ccc(-c3cc(-c4ccc(C)cc4)cc(-c4ccc(B5Nc6cccc7cccc(c67)N5)cc4)c3)cc2)cc1. The molecule has 1 aliphatic heterocycles. The molecule has 8 rings (SSSR count). The van der Waals surface area contributed by atoms with Crippen LogP contribution in [-0.2, 0) is 0 Å². The molecule has 4 heteroatoms. The van der Waals surface area contributed by atoms with Gasteiger partial charge in [0.25, 0.3) is 0 Å². The summed E-state index contributed by atoms with van der Waals surface area (Å²) >= 11 is 0. The average molecular weight is 691 g/mol. The molecule has 0 spiro atoms. The topological polar surface area (TPSA) is 33.3 Å². The summed E-state index contributed by atoms with van der Waals surface area (Å²) in [6.45, 7) is 7.44. The van der Waals surface area contributed by atoms with Crippen molar-refractivity contribution in [2.24, 2.45) is 5.92 Å². The zero-order valence-corrected chi connectivity index (χ0v) is 31.0. The Bertz CT molecular complexity index is 2270. The minimum Gasteiger partial charge on any atom is -0.493 e. The highest BCUT2D eigenvalue weighted by molar-refractivity contribution is 6.80. The molecule has 0 bridgehead atoms. The van der Waals surface area contributed by atoms with E-state index in [0.717, 1.165) is 30.2 Å². The average Bonchev–Trinajstić information content (AvgIpc) is 3.21. The second-order valence-corrected chi connectivity index (χ2v) is 14.5. The van der Waals surface area contributed by atoms with E-state index in [2.05, 4.69) is 183 Å². The van der Waals surface area contributed by atoms with Gasteiger partial charge in [0, 0.05) is 16.8 Å². The van der Waals surface area contributed by atoms with Crippen LogP contribution in [-0.4, -0.2) is 13.6 Å². The number of ether oxygens (including phenoxy) is 1. The molecule has 0 saturated carbocycles. The normalized spacial score (nSPS) is 12.6. The molecule has 1 atom stereocenters. The van der Waals surface area contributed by atoms with E-state index < -0.39 is 0 Å². The zero-order valence-electron chi connectivity index (χ0n) is 31.0. The molecule has 3 nitrogen and oxygen atoms in total. The van der Waals surface area contributed by atoms with Crippen LogP contribution in [0.25, 0.3) is 55.3 Å². The van der Waals surface area contributed by atoms with Gasteiger partial charge >= 0.3 is 6.98 Å². The van der Waals surface area contributed by atoms with E-state index in [4.69, 9.17) is 4.74 Å². The lowest BCUT2D eigenvalue weighted by Gasteiger charge is -2.27. The van der Waals surface area contributed by atoms with Crippen LogP contribution in [0.2, 0.25) is 0 Å². The van der Waals surface area contributed by atoms with Crippen LogP contribution < -0.4 is 20.7 Å². The Morgan fingerprint density at radius 1 is 0.547 bits per heavy atom. The van der Waals surface area contributed by atoms with Crippen LogP contribution in [0, 0.1) is 12.8 Å². The molecule has 0 aliphatic carbocycles. The van der Waals surface area contributed by atoms with Crippen LogP contribution in [0.15, 0.2) is 152 Å². The van der Waals surface area contributed by atoms with Gasteiger partial charge in [-0.15, -0.1) is 0 Å². The molecule has 0 saturated heterocycles. The highest BCUT2D eigenvalue weighted by atomic mass is 16.5. The van der Waals surface area contributed by atoms with Crippen molar-refractivity contribution >= 4 is 34.6 Å². The lowest BCUT2D eigenvalue weighted by Crippen LogP contribution is -2.47. The second-order valence-electron chi connectivity index (χ2n) is 14.5. The van der Waals surface area contributed by atoms with E-state index in [1.54, 1.807) is 0 Å². The molecule has 53 heavy (non-hydrogen) atoms. The lowest BCUT2D eigenvalue weighted by atomic mass is 9.66. The fourth-order valence-corrected chi connectivity index (χ4v) is 7.55. The van der Waals surface area contributed by atoms with Crippen molar-refractivity contribution in [3.05, 3.63) is 157 Å². The summed E-state index contributed by atoms with van der Waals surface area (Å²) < 4.78 is 6.18. The summed E-state index contributed by atoms with van der Waals surface area (Å²) in [7, 11) is 0. The van der Waals surface area contributed by atoms with E-state index in [1.165, 1.54) is 85.6 Å². The van der Waals surface area contributed by atoms with Crippen molar-refractivity contribution < 1.29 is 4.74 Å². The number of unbranched alkanes of at least 4 members (excludes halogenated alkanes) is 1. The Balaban J connectivity index is 1.04. The van der Waals surface area contributed by atoms with Gasteiger partial charge in [0.05, 0.1) is 6.61 Å². The minimum atomic E-state index is -0.00906. The van der Waals surface area contributed by atoms with E-state index in [1.807, 2.05) is 0 Å². The maximum absolute atomic E-state index is 6.18. The van der Waals surface area contributed by atoms with E-state index in [9.17, 15) is 0 Å². The third kappa shape index (κ3) is 7.59. The summed E-state index contributed by atoms with van der Waals surface area (Å²) in [6, 6.07) is 55.2. The van der Waals surface area contributed by atoms with Crippen LogP contribution in [0.5, 0.6) is 5.75 Å². The molecule has 7 aromatic carbocycles. The molecule has 7 aromatic rings. The molecule has 2 N–H and O–H groups in total. The maximum Gasteiger partial charge on any atom is 0.406 e. The molecule has 1 heterocycles. The first kappa shape index (κ1) is 34.4. The number of nitrogens with one attached hydrogen (secondary N) is 2. The smallest absolute Gasteiger partial charge is 0.406 e. The number of hydrogen-bond acceptors (Lipinski definition) is 3. The first-order chi connectivity index (χ1) is 26.0. The van der Waals surface area contributed by atoms with E-state index >= 15 is 0 Å². The standard InChI is InChI=1S/C49H47BN2O/c1-4-6-9-35(5-2)33-53-46-28-24-37(25-29-46)36-18-20-39(21-19-36)43-30-42(38-16-14-34(3)15-17-38)31-44(32-43)40-22-26-45(27-23-40)50-51-47-12-7-10-41-11-8-13-48(52-50)49(41)47/h7-8,10-32,35,51-52H,4-6,9,33H2,1-3H3. The number of anilines is 2. The summed E-state index contributed by atoms with van der Waals surface area (Å²) in [5.41, 5.74) is 14.4. The van der Waals surface area contributed by atoms with Crippen LogP contribution in [0.3, 0.4) is 0 Å². The molecular weight excluding hydrogens is 643 g/mol. The molecule has 0 fully saturated rings. The fraction of sp³-hybridized carbons (Fsp3) is 0.184. The van der Waals surface area contributed by atoms with Gasteiger partial charge < -0.3 is 15.2 Å². The summed E-state index contributed by atoms with van der Waals surface area (Å²) in [4.78, 5) is 0. The Morgan fingerprint density at radius 2 is 1.02 bits per heavy atom. The Kier molecular flexibility index (Phi) is 10.0. The highest BCUT2D eigenvalue weighted by Gasteiger charge is 2.25. The van der Waals surface area contributed by atoms with Crippen molar-refractivity contribution in [2.45, 2.75) is 46.5 Å². The van der Waals surface area contributed by atoms with Crippen molar-refractivity contribution in [2.75, 3.05) is 17.1 Å². The van der Waals surface area contributed by atoms with Gasteiger partial charge in [0.2, 0.25) is 0 Å². The predicted octanol–water partition coefficient (Wildman–Crippen LogP) is 12.6. The molecule has 0 radical (unpaired) electrons. The van der Waals surface area contributed by atoms with Gasteiger partial charge in [-0.25, -0.2) is 0 Å². The van der Waals surface area contributed by atoms with Crippen LogP contribution in [0.4, 0.5) is 11.4 Å². The predicted molar refractivity (Wildman–Crippen MR) is 228 cm³/mol. The van der Waals surface area contributed by atoms with Crippen molar-refractivity contribution in [3.8, 4) is 50.3 Å². The monoisotopic (exact) mass is 690 g/mol. The second kappa shape index (κ2) is 15.5. The minimum absolute atomic E-state index is 0.00906. The van der Waals surface area contributed by atoms with Gasteiger partial charge in [-0.05, 0) is 117 Å². The molecule has 1 aliphatic rings. The lowest BCUT2D eigenvalue weighted by molar-refractivity contribution is 0.233. The number of benzene rings is 7. The van der Waals surface area contributed by atoms with E-state index in [0.29, 0.717) is 5.92 Å². The van der Waals surface area contributed by atoms with Crippen LogP contribution >= 0.6 is 0 Å². The Hall–Kier alpha value is -5.74. The summed E-state index contributed by atoms with van der Waals surface area (Å²) in [5.74, 6) is 1.57. The third-order valence-electron chi connectivity index (χ3n) is 10.8. The van der Waals surface area contributed by atoms with Crippen molar-refractivity contribution in [1.29, 1.82) is 0 Å². The van der Waals surface area contributed by atoms with Gasteiger partial charge in [-0.2, -0.15) is 0 Å². The maximum atomic E-state index is 6.18. The number of hydrogen-bond donors (Lipinski definition) is 2. The Morgan fingerprint density at radius 3 is 1.53 bits per heavy atom. The van der Waals surface area contributed by atoms with Crippen molar-refractivity contribution in [3.63, 3.8) is 0 Å². The zero-order chi connectivity index (χ0) is 36.1.